The number of anilines is 1. The van der Waals surface area contributed by atoms with Gasteiger partial charge in [-0.05, 0) is 25.1 Å². The minimum absolute atomic E-state index is 0.426. The average molecular weight is 381 g/mol. The van der Waals surface area contributed by atoms with Crippen molar-refractivity contribution in [3.8, 4) is 17.0 Å². The Morgan fingerprint density at radius 3 is 2.70 bits per heavy atom. The number of halogens is 1. The van der Waals surface area contributed by atoms with Gasteiger partial charge in [0.05, 0.1) is 6.61 Å². The smallest absolute Gasteiger partial charge is 0.263 e. The molecule has 2 heterocycles. The Hall–Kier alpha value is -3.12. The Kier molecular flexibility index (Phi) is 4.89. The molecular weight excluding hydrogens is 364 g/mol. The Bertz CT molecular complexity index is 1060. The van der Waals surface area contributed by atoms with Crippen LogP contribution in [-0.4, -0.2) is 21.7 Å². The molecule has 27 heavy (non-hydrogen) atoms. The number of nitrogens with zero attached hydrogens (tertiary/aromatic N) is 3. The van der Waals surface area contributed by atoms with E-state index in [1.807, 2.05) is 55.5 Å². The second-order valence-corrected chi connectivity index (χ2v) is 6.27. The van der Waals surface area contributed by atoms with Crippen LogP contribution in [0.15, 0.2) is 59.4 Å². The molecule has 0 radical (unpaired) electrons. The zero-order valence-electron chi connectivity index (χ0n) is 14.6. The van der Waals surface area contributed by atoms with Crippen molar-refractivity contribution in [3.63, 3.8) is 0 Å². The molecule has 4 aromatic rings. The lowest BCUT2D eigenvalue weighted by atomic mass is 10.1. The molecule has 0 spiro atoms. The second kappa shape index (κ2) is 7.63. The fraction of sp³-hybridized carbons (Fsp3) is 0.150. The second-order valence-electron chi connectivity index (χ2n) is 5.83. The third kappa shape index (κ3) is 3.57. The van der Waals surface area contributed by atoms with Crippen LogP contribution >= 0.6 is 11.6 Å². The summed E-state index contributed by atoms with van der Waals surface area (Å²) in [5.74, 6) is 1.50. The number of hydrogen-bond donors (Lipinski definition) is 1. The number of nitrogens with one attached hydrogen (secondary N) is 1. The third-order valence-corrected chi connectivity index (χ3v) is 4.36. The summed E-state index contributed by atoms with van der Waals surface area (Å²) < 4.78 is 11.1. The topological polar surface area (TPSA) is 73.1 Å². The van der Waals surface area contributed by atoms with Gasteiger partial charge in [0.15, 0.2) is 0 Å². The predicted octanol–water partition coefficient (Wildman–Crippen LogP) is 4.95. The first-order valence-corrected chi connectivity index (χ1v) is 8.95. The maximum absolute atomic E-state index is 5.99. The molecule has 0 aliphatic rings. The molecule has 0 aliphatic heterocycles. The van der Waals surface area contributed by atoms with Gasteiger partial charge < -0.3 is 14.6 Å². The lowest BCUT2D eigenvalue weighted by molar-refractivity contribution is 0.337. The summed E-state index contributed by atoms with van der Waals surface area (Å²) in [6.45, 7) is 3.13. The maximum atomic E-state index is 5.99. The van der Waals surface area contributed by atoms with Crippen molar-refractivity contribution in [2.24, 2.45) is 0 Å². The zero-order chi connectivity index (χ0) is 18.6. The molecule has 6 nitrogen and oxygen atoms in total. The molecule has 2 aromatic carbocycles. The van der Waals surface area contributed by atoms with E-state index in [0.717, 1.165) is 22.3 Å². The third-order valence-electron chi connectivity index (χ3n) is 4.11. The van der Waals surface area contributed by atoms with E-state index in [9.17, 15) is 0 Å². The van der Waals surface area contributed by atoms with Gasteiger partial charge in [0.25, 0.3) is 5.71 Å². The molecule has 0 saturated carbocycles. The standard InChI is InChI=1S/C20H17ClN4O2/c1-2-26-16-6-4-3-5-14(16)11-22-19-17-18(13-7-9-15(21)10-8-13)25-27-20(17)24-12-23-19/h3-10,12H,2,11H2,1H3,(H,22,23,24). The molecule has 0 unspecified atom stereocenters. The van der Waals surface area contributed by atoms with E-state index < -0.39 is 0 Å². The van der Waals surface area contributed by atoms with Crippen molar-refractivity contribution in [3.05, 3.63) is 65.4 Å². The highest BCUT2D eigenvalue weighted by Gasteiger charge is 2.17. The molecule has 0 fully saturated rings. The van der Waals surface area contributed by atoms with Crippen LogP contribution in [0.1, 0.15) is 12.5 Å². The summed E-state index contributed by atoms with van der Waals surface area (Å²) >= 11 is 5.99. The summed E-state index contributed by atoms with van der Waals surface area (Å²) in [5, 5.41) is 8.92. The summed E-state index contributed by atoms with van der Waals surface area (Å²) in [5.41, 5.74) is 3.01. The minimum atomic E-state index is 0.426. The fourth-order valence-corrected chi connectivity index (χ4v) is 2.98. The first-order chi connectivity index (χ1) is 13.3. The van der Waals surface area contributed by atoms with Crippen LogP contribution in [-0.2, 0) is 6.54 Å². The first kappa shape index (κ1) is 17.3. The summed E-state index contributed by atoms with van der Waals surface area (Å²) in [6, 6.07) is 15.3. The van der Waals surface area contributed by atoms with Crippen LogP contribution in [0.2, 0.25) is 5.02 Å². The van der Waals surface area contributed by atoms with E-state index in [0.29, 0.717) is 35.4 Å². The van der Waals surface area contributed by atoms with Crippen LogP contribution in [0.5, 0.6) is 5.75 Å². The lowest BCUT2D eigenvalue weighted by Gasteiger charge is -2.11. The summed E-state index contributed by atoms with van der Waals surface area (Å²) in [4.78, 5) is 8.56. The predicted molar refractivity (Wildman–Crippen MR) is 105 cm³/mol. The Labute approximate surface area is 161 Å². The van der Waals surface area contributed by atoms with Gasteiger partial charge in [-0.1, -0.05) is 47.1 Å². The number of fused-ring (bicyclic) bond motifs is 1. The van der Waals surface area contributed by atoms with E-state index in [-0.39, 0.29) is 0 Å². The summed E-state index contributed by atoms with van der Waals surface area (Å²) in [7, 11) is 0. The van der Waals surface area contributed by atoms with E-state index in [1.165, 1.54) is 6.33 Å². The largest absolute Gasteiger partial charge is 0.494 e. The van der Waals surface area contributed by atoms with Gasteiger partial charge in [-0.3, -0.25) is 0 Å². The molecule has 7 heteroatoms. The molecule has 136 valence electrons. The number of ether oxygens (including phenoxy) is 1. The van der Waals surface area contributed by atoms with Gasteiger partial charge in [-0.25, -0.2) is 4.98 Å². The number of para-hydroxylation sites is 1. The van der Waals surface area contributed by atoms with Crippen molar-refractivity contribution >= 4 is 28.5 Å². The van der Waals surface area contributed by atoms with E-state index in [1.54, 1.807) is 0 Å². The van der Waals surface area contributed by atoms with E-state index in [2.05, 4.69) is 20.4 Å². The Morgan fingerprint density at radius 1 is 1.07 bits per heavy atom. The molecule has 4 rings (SSSR count). The molecule has 0 aliphatic carbocycles. The van der Waals surface area contributed by atoms with E-state index >= 15 is 0 Å². The van der Waals surface area contributed by atoms with Crippen molar-refractivity contribution in [1.29, 1.82) is 0 Å². The lowest BCUT2D eigenvalue weighted by Crippen LogP contribution is -2.05. The van der Waals surface area contributed by atoms with Crippen molar-refractivity contribution < 1.29 is 9.26 Å². The fourth-order valence-electron chi connectivity index (χ4n) is 2.85. The number of aromatic nitrogens is 3. The minimum Gasteiger partial charge on any atom is -0.494 e. The average Bonchev–Trinajstić information content (AvgIpc) is 3.13. The molecular formula is C20H17ClN4O2. The van der Waals surface area contributed by atoms with Crippen LogP contribution in [0.3, 0.4) is 0 Å². The van der Waals surface area contributed by atoms with Crippen LogP contribution in [0.4, 0.5) is 5.82 Å². The number of rotatable bonds is 6. The molecule has 2 aromatic heterocycles. The number of benzene rings is 2. The highest BCUT2D eigenvalue weighted by molar-refractivity contribution is 6.30. The summed E-state index contributed by atoms with van der Waals surface area (Å²) in [6.07, 6.45) is 1.45. The Balaban J connectivity index is 1.68. The molecule has 0 bridgehead atoms. The van der Waals surface area contributed by atoms with Gasteiger partial charge in [0, 0.05) is 22.7 Å². The number of hydrogen-bond acceptors (Lipinski definition) is 6. The van der Waals surface area contributed by atoms with Crippen molar-refractivity contribution in [1.82, 2.24) is 15.1 Å². The van der Waals surface area contributed by atoms with Gasteiger partial charge in [0.1, 0.15) is 29.0 Å². The molecule has 0 atom stereocenters. The van der Waals surface area contributed by atoms with Gasteiger partial charge in [-0.2, -0.15) is 4.98 Å². The first-order valence-electron chi connectivity index (χ1n) is 8.57. The van der Waals surface area contributed by atoms with Gasteiger partial charge in [0.2, 0.25) is 0 Å². The van der Waals surface area contributed by atoms with Crippen molar-refractivity contribution in [2.75, 3.05) is 11.9 Å². The normalized spacial score (nSPS) is 10.9. The van der Waals surface area contributed by atoms with E-state index in [4.69, 9.17) is 20.9 Å². The Morgan fingerprint density at radius 2 is 1.89 bits per heavy atom. The van der Waals surface area contributed by atoms with Gasteiger partial charge in [-0.15, -0.1) is 0 Å². The van der Waals surface area contributed by atoms with Gasteiger partial charge >= 0.3 is 0 Å². The molecule has 0 amide bonds. The molecule has 0 saturated heterocycles. The maximum Gasteiger partial charge on any atom is 0.263 e. The SMILES string of the molecule is CCOc1ccccc1CNc1ncnc2onc(-c3ccc(Cl)cc3)c12. The highest BCUT2D eigenvalue weighted by atomic mass is 35.5. The monoisotopic (exact) mass is 380 g/mol. The quantitative estimate of drug-likeness (QED) is 0.510. The van der Waals surface area contributed by atoms with Crippen LogP contribution in [0, 0.1) is 0 Å². The zero-order valence-corrected chi connectivity index (χ0v) is 15.4. The van der Waals surface area contributed by atoms with Crippen LogP contribution in [0.25, 0.3) is 22.4 Å². The highest BCUT2D eigenvalue weighted by Crippen LogP contribution is 2.32. The molecule has 1 N–H and O–H groups in total. The van der Waals surface area contributed by atoms with Crippen LogP contribution < -0.4 is 10.1 Å². The van der Waals surface area contributed by atoms with Crippen molar-refractivity contribution in [2.45, 2.75) is 13.5 Å².